The lowest BCUT2D eigenvalue weighted by molar-refractivity contribution is -0.116. The van der Waals surface area contributed by atoms with Gasteiger partial charge < -0.3 is 9.88 Å². The quantitative estimate of drug-likeness (QED) is 0.640. The first-order valence-electron chi connectivity index (χ1n) is 9.36. The second-order valence-electron chi connectivity index (χ2n) is 6.98. The van der Waals surface area contributed by atoms with Gasteiger partial charge in [0.2, 0.25) is 15.9 Å². The Kier molecular flexibility index (Phi) is 5.99. The number of anilines is 1. The fraction of sp³-hybridized carbons (Fsp3) is 0.350. The zero-order valence-electron chi connectivity index (χ0n) is 17.0. The normalized spacial score (nSPS) is 11.9. The summed E-state index contributed by atoms with van der Waals surface area (Å²) >= 11 is 0. The average molecular weight is 416 g/mol. The number of pyridine rings is 1. The van der Waals surface area contributed by atoms with E-state index in [1.165, 1.54) is 18.4 Å². The summed E-state index contributed by atoms with van der Waals surface area (Å²) in [6, 6.07) is 8.61. The van der Waals surface area contributed by atoms with Crippen LogP contribution in [0.4, 0.5) is 5.82 Å². The van der Waals surface area contributed by atoms with E-state index in [0.717, 1.165) is 16.9 Å². The number of fused-ring (bicyclic) bond motifs is 1. The molecule has 0 unspecified atom stereocenters. The number of aryl methyl sites for hydroxylation is 3. The van der Waals surface area contributed by atoms with Gasteiger partial charge in [-0.2, -0.15) is 0 Å². The number of nitrogens with zero attached hydrogens (tertiary/aromatic N) is 4. The first kappa shape index (κ1) is 20.9. The number of nitrogens with one attached hydrogen (secondary N) is 1. The molecule has 1 N–H and O–H groups in total. The Morgan fingerprint density at radius 3 is 2.62 bits per heavy atom. The molecule has 0 fully saturated rings. The van der Waals surface area contributed by atoms with Crippen molar-refractivity contribution in [3.8, 4) is 0 Å². The number of carbonyl (C=O) groups excluding carboxylic acids is 1. The molecule has 0 aliphatic rings. The Balaban J connectivity index is 1.81. The van der Waals surface area contributed by atoms with Crippen molar-refractivity contribution < 1.29 is 13.2 Å². The van der Waals surface area contributed by atoms with Crippen LogP contribution in [0.2, 0.25) is 0 Å². The fourth-order valence-electron chi connectivity index (χ4n) is 3.11. The topological polar surface area (TPSA) is 97.2 Å². The Labute approximate surface area is 170 Å². The van der Waals surface area contributed by atoms with Gasteiger partial charge in [-0.3, -0.25) is 4.79 Å². The minimum Gasteiger partial charge on any atom is -0.328 e. The molecule has 154 valence electrons. The maximum absolute atomic E-state index is 12.4. The number of carbonyl (C=O) groups is 1. The summed E-state index contributed by atoms with van der Waals surface area (Å²) in [5, 5.41) is 2.79. The van der Waals surface area contributed by atoms with E-state index in [-0.39, 0.29) is 17.2 Å². The van der Waals surface area contributed by atoms with Gasteiger partial charge in [-0.05, 0) is 49.7 Å². The van der Waals surface area contributed by atoms with Gasteiger partial charge in [0.1, 0.15) is 11.6 Å². The van der Waals surface area contributed by atoms with Crippen LogP contribution in [-0.4, -0.2) is 47.3 Å². The molecule has 0 saturated heterocycles. The predicted molar refractivity (Wildman–Crippen MR) is 112 cm³/mol. The molecule has 0 aliphatic heterocycles. The Hall–Kier alpha value is -2.78. The van der Waals surface area contributed by atoms with Gasteiger partial charge in [-0.15, -0.1) is 0 Å². The lowest BCUT2D eigenvalue weighted by Crippen LogP contribution is -2.22. The van der Waals surface area contributed by atoms with E-state index >= 15 is 0 Å². The van der Waals surface area contributed by atoms with Gasteiger partial charge in [0.25, 0.3) is 0 Å². The molecule has 3 rings (SSSR count). The minimum absolute atomic E-state index is 0.145. The zero-order chi connectivity index (χ0) is 21.2. The van der Waals surface area contributed by atoms with Crippen LogP contribution in [0.1, 0.15) is 24.7 Å². The maximum atomic E-state index is 12.4. The number of sulfonamides is 1. The first-order valence-corrected chi connectivity index (χ1v) is 10.8. The standard InChI is InChI=1S/C20H25N5O3S/c1-5-25-17-7-6-15(29(27,28)24(3)4)13-16(17)22-19(25)8-9-20(26)23-18-12-14(2)10-11-21-18/h6-7,10-13H,5,8-9H2,1-4H3,(H,21,23,26). The number of rotatable bonds is 7. The van der Waals surface area contributed by atoms with E-state index in [9.17, 15) is 13.2 Å². The molecule has 2 heterocycles. The van der Waals surface area contributed by atoms with Crippen molar-refractivity contribution >= 4 is 32.8 Å². The Morgan fingerprint density at radius 1 is 1.21 bits per heavy atom. The highest BCUT2D eigenvalue weighted by Gasteiger charge is 2.19. The summed E-state index contributed by atoms with van der Waals surface area (Å²) in [7, 11) is -0.535. The molecule has 0 spiro atoms. The number of aromatic nitrogens is 3. The van der Waals surface area contributed by atoms with Crippen LogP contribution in [0, 0.1) is 6.92 Å². The number of hydrogen-bond acceptors (Lipinski definition) is 5. The number of imidazole rings is 1. The van der Waals surface area contributed by atoms with Gasteiger partial charge in [0.15, 0.2) is 0 Å². The molecule has 1 amide bonds. The third kappa shape index (κ3) is 4.46. The summed E-state index contributed by atoms with van der Waals surface area (Å²) in [6.45, 7) is 4.60. The second-order valence-corrected chi connectivity index (χ2v) is 9.13. The van der Waals surface area contributed by atoms with Crippen molar-refractivity contribution in [3.05, 3.63) is 47.9 Å². The summed E-state index contributed by atoms with van der Waals surface area (Å²) in [5.41, 5.74) is 2.47. The summed E-state index contributed by atoms with van der Waals surface area (Å²) in [4.78, 5) is 21.2. The van der Waals surface area contributed by atoms with Crippen LogP contribution in [0.15, 0.2) is 41.4 Å². The van der Waals surface area contributed by atoms with Crippen molar-refractivity contribution in [2.24, 2.45) is 0 Å². The average Bonchev–Trinajstić information content (AvgIpc) is 3.02. The highest BCUT2D eigenvalue weighted by Crippen LogP contribution is 2.23. The van der Waals surface area contributed by atoms with Crippen molar-refractivity contribution in [1.82, 2.24) is 18.8 Å². The SMILES string of the molecule is CCn1c(CCC(=O)Nc2cc(C)ccn2)nc2cc(S(=O)(=O)N(C)C)ccc21. The van der Waals surface area contributed by atoms with Crippen LogP contribution < -0.4 is 5.32 Å². The van der Waals surface area contributed by atoms with E-state index in [1.54, 1.807) is 24.4 Å². The van der Waals surface area contributed by atoms with Crippen molar-refractivity contribution in [2.75, 3.05) is 19.4 Å². The molecule has 9 heteroatoms. The molecular formula is C20H25N5O3S. The van der Waals surface area contributed by atoms with Crippen molar-refractivity contribution in [1.29, 1.82) is 0 Å². The highest BCUT2D eigenvalue weighted by molar-refractivity contribution is 7.89. The molecule has 0 aliphatic carbocycles. The number of amides is 1. The summed E-state index contributed by atoms with van der Waals surface area (Å²) < 4.78 is 27.9. The molecule has 2 aromatic heterocycles. The van der Waals surface area contributed by atoms with Crippen molar-refractivity contribution in [3.63, 3.8) is 0 Å². The Bertz CT molecular complexity index is 1150. The molecule has 0 radical (unpaired) electrons. The molecular weight excluding hydrogens is 390 g/mol. The lowest BCUT2D eigenvalue weighted by Gasteiger charge is -2.11. The molecule has 29 heavy (non-hydrogen) atoms. The predicted octanol–water partition coefficient (Wildman–Crippen LogP) is 2.58. The fourth-order valence-corrected chi connectivity index (χ4v) is 4.03. The van der Waals surface area contributed by atoms with Gasteiger partial charge >= 0.3 is 0 Å². The zero-order valence-corrected chi connectivity index (χ0v) is 17.8. The number of benzene rings is 1. The molecule has 0 bridgehead atoms. The first-order chi connectivity index (χ1) is 13.7. The molecule has 0 atom stereocenters. The lowest BCUT2D eigenvalue weighted by atomic mass is 10.2. The van der Waals surface area contributed by atoms with Crippen LogP contribution in [0.25, 0.3) is 11.0 Å². The second kappa shape index (κ2) is 8.30. The number of hydrogen-bond donors (Lipinski definition) is 1. The van der Waals surface area contributed by atoms with Crippen LogP contribution >= 0.6 is 0 Å². The summed E-state index contributed by atoms with van der Waals surface area (Å²) in [5.74, 6) is 1.13. The maximum Gasteiger partial charge on any atom is 0.242 e. The molecule has 3 aromatic rings. The van der Waals surface area contributed by atoms with E-state index in [1.807, 2.05) is 30.5 Å². The van der Waals surface area contributed by atoms with Crippen LogP contribution in [-0.2, 0) is 27.8 Å². The highest BCUT2D eigenvalue weighted by atomic mass is 32.2. The summed E-state index contributed by atoms with van der Waals surface area (Å²) in [6.07, 6.45) is 2.35. The van der Waals surface area contributed by atoms with E-state index in [0.29, 0.717) is 24.3 Å². The van der Waals surface area contributed by atoms with Gasteiger partial charge in [0, 0.05) is 39.7 Å². The third-order valence-corrected chi connectivity index (χ3v) is 6.46. The van der Waals surface area contributed by atoms with Crippen molar-refractivity contribution in [2.45, 2.75) is 38.1 Å². The van der Waals surface area contributed by atoms with E-state index < -0.39 is 10.0 Å². The largest absolute Gasteiger partial charge is 0.328 e. The molecule has 0 saturated carbocycles. The van der Waals surface area contributed by atoms with Crippen LogP contribution in [0.3, 0.4) is 0 Å². The Morgan fingerprint density at radius 2 is 1.97 bits per heavy atom. The van der Waals surface area contributed by atoms with E-state index in [2.05, 4.69) is 15.3 Å². The van der Waals surface area contributed by atoms with E-state index in [4.69, 9.17) is 0 Å². The smallest absolute Gasteiger partial charge is 0.242 e. The molecule has 1 aromatic carbocycles. The molecule has 8 nitrogen and oxygen atoms in total. The van der Waals surface area contributed by atoms with Gasteiger partial charge in [0.05, 0.1) is 15.9 Å². The van der Waals surface area contributed by atoms with Gasteiger partial charge in [-0.25, -0.2) is 22.7 Å². The van der Waals surface area contributed by atoms with Crippen LogP contribution in [0.5, 0.6) is 0 Å². The third-order valence-electron chi connectivity index (χ3n) is 4.65. The monoisotopic (exact) mass is 415 g/mol. The van der Waals surface area contributed by atoms with Gasteiger partial charge in [-0.1, -0.05) is 0 Å². The minimum atomic E-state index is -3.53.